The van der Waals surface area contributed by atoms with Crippen molar-refractivity contribution in [1.29, 1.82) is 0 Å². The second-order valence-corrected chi connectivity index (χ2v) is 4.61. The number of hydrogen-bond acceptors (Lipinski definition) is 1. The first-order valence-electron chi connectivity index (χ1n) is 6.40. The minimum absolute atomic E-state index is 0. The summed E-state index contributed by atoms with van der Waals surface area (Å²) in [5.41, 5.74) is 0.935. The first-order chi connectivity index (χ1) is 9.20. The zero-order chi connectivity index (χ0) is 13.9. The molecule has 0 aliphatic heterocycles. The summed E-state index contributed by atoms with van der Waals surface area (Å²) < 4.78 is 0. The number of rotatable bonds is 0. The second-order valence-electron chi connectivity index (χ2n) is 4.61. The van der Waals surface area contributed by atoms with E-state index in [9.17, 15) is 0 Å². The minimum atomic E-state index is 0. The molecule has 1 nitrogen and oxygen atoms in total. The first kappa shape index (κ1) is 30.1. The number of hydrogen-bond donors (Lipinski definition) is 0. The van der Waals surface area contributed by atoms with Crippen molar-refractivity contribution in [3.63, 3.8) is 0 Å². The normalized spacial score (nSPS) is 9.74. The van der Waals surface area contributed by atoms with E-state index in [4.69, 9.17) is 0 Å². The van der Waals surface area contributed by atoms with E-state index in [2.05, 4.69) is 44.0 Å². The molecule has 0 fully saturated rings. The number of pyridine rings is 1. The minimum Gasteiger partial charge on any atom is -0.358 e. The van der Waals surface area contributed by atoms with Crippen LogP contribution in [0.25, 0.3) is 10.9 Å². The van der Waals surface area contributed by atoms with Crippen LogP contribution >= 0.6 is 24.8 Å². The van der Waals surface area contributed by atoms with Gasteiger partial charge in [0.15, 0.2) is 0 Å². The molecule has 0 radical (unpaired) electrons. The number of aromatic nitrogens is 1. The summed E-state index contributed by atoms with van der Waals surface area (Å²) >= 11 is 0. The molecule has 0 unspecified atom stereocenters. The number of fused-ring (bicyclic) bond motifs is 1. The van der Waals surface area contributed by atoms with Crippen molar-refractivity contribution in [2.75, 3.05) is 0 Å². The van der Waals surface area contributed by atoms with Crippen LogP contribution in [-0.4, -0.2) is 4.98 Å². The van der Waals surface area contributed by atoms with Crippen LogP contribution in [0, 0.1) is 25.5 Å². The van der Waals surface area contributed by atoms with E-state index in [0.717, 1.165) is 17.3 Å². The van der Waals surface area contributed by atoms with Crippen molar-refractivity contribution >= 4 is 35.7 Å². The monoisotopic (exact) mass is 389 g/mol. The van der Waals surface area contributed by atoms with E-state index >= 15 is 0 Å². The van der Waals surface area contributed by atoms with Gasteiger partial charge in [-0.05, 0) is 5.52 Å². The van der Waals surface area contributed by atoms with Crippen molar-refractivity contribution in [1.82, 2.24) is 4.98 Å². The number of benzene rings is 1. The van der Waals surface area contributed by atoms with Gasteiger partial charge in [0.2, 0.25) is 0 Å². The van der Waals surface area contributed by atoms with Crippen LogP contribution in [0.15, 0.2) is 54.8 Å². The van der Waals surface area contributed by atoms with Crippen LogP contribution in [0.2, 0.25) is 0 Å². The largest absolute Gasteiger partial charge is 4.00 e. The summed E-state index contributed by atoms with van der Waals surface area (Å²) in [6, 6.07) is 12.9. The molecule has 23 heavy (non-hydrogen) atoms. The van der Waals surface area contributed by atoms with Gasteiger partial charge in [-0.25, -0.2) is 12.2 Å². The van der Waals surface area contributed by atoms with Crippen LogP contribution < -0.4 is 0 Å². The molecule has 126 valence electrons. The average Bonchev–Trinajstić information content (AvgIpc) is 2.97. The Kier molecular flexibility index (Phi) is 25.3. The molecule has 0 saturated carbocycles. The summed E-state index contributed by atoms with van der Waals surface area (Å²) in [5.74, 6) is 1.42. The van der Waals surface area contributed by atoms with E-state index in [0.29, 0.717) is 0 Å². The molecule has 0 N–H and O–H groups in total. The number of allylic oxidation sites excluding steroid dienone is 4. The fraction of sp³-hybridized carbons (Fsp3) is 0.211. The van der Waals surface area contributed by atoms with Gasteiger partial charge in [0.05, 0.1) is 0 Å². The van der Waals surface area contributed by atoms with Crippen LogP contribution in [0.4, 0.5) is 0 Å². The molecule has 3 rings (SSSR count). The van der Waals surface area contributed by atoms with E-state index in [-0.39, 0.29) is 49.6 Å². The maximum absolute atomic E-state index is 4.13. The van der Waals surface area contributed by atoms with Gasteiger partial charge in [-0.2, -0.15) is 51.1 Å². The van der Waals surface area contributed by atoms with Gasteiger partial charge in [0.25, 0.3) is 0 Å². The fourth-order valence-corrected chi connectivity index (χ4v) is 1.29. The Hall–Kier alpha value is -0.778. The van der Waals surface area contributed by atoms with Crippen LogP contribution in [-0.2, 0) is 17.4 Å². The Balaban J connectivity index is -0.000000122. The number of halogens is 2. The van der Waals surface area contributed by atoms with Crippen molar-refractivity contribution in [3.05, 3.63) is 80.2 Å². The molecule has 0 atom stereocenters. The average molecular weight is 390 g/mol. The Morgan fingerprint density at radius 3 is 2.13 bits per heavy atom. The van der Waals surface area contributed by atoms with Gasteiger partial charge in [-0.15, -0.1) is 42.7 Å². The van der Waals surface area contributed by atoms with Crippen LogP contribution in [0.5, 0.6) is 0 Å². The molecular formula is C19H25Cl2CrN. The van der Waals surface area contributed by atoms with Crippen molar-refractivity contribution in [2.24, 2.45) is 0 Å². The molecule has 4 heteroatoms. The van der Waals surface area contributed by atoms with Crippen molar-refractivity contribution in [3.8, 4) is 0 Å². The molecular weight excluding hydrogens is 365 g/mol. The second kappa shape index (κ2) is 19.3. The van der Waals surface area contributed by atoms with Gasteiger partial charge in [-0.1, -0.05) is 6.07 Å². The molecule has 0 saturated heterocycles. The third-order valence-electron chi connectivity index (χ3n) is 2.02. The van der Waals surface area contributed by atoms with E-state index in [1.807, 2.05) is 42.5 Å². The Bertz CT molecular complexity index is 461. The van der Waals surface area contributed by atoms with Gasteiger partial charge < -0.3 is 13.3 Å². The van der Waals surface area contributed by atoms with E-state index in [1.165, 1.54) is 5.92 Å². The molecule has 1 aromatic carbocycles. The quantitative estimate of drug-likeness (QED) is 0.485. The third kappa shape index (κ3) is 15.9. The summed E-state index contributed by atoms with van der Waals surface area (Å²) in [4.78, 5) is 4.13. The van der Waals surface area contributed by atoms with Crippen molar-refractivity contribution < 1.29 is 17.4 Å². The zero-order valence-electron chi connectivity index (χ0n) is 14.1. The molecule has 0 amide bonds. The van der Waals surface area contributed by atoms with Gasteiger partial charge in [0.1, 0.15) is 0 Å². The van der Waals surface area contributed by atoms with E-state index in [1.54, 1.807) is 6.20 Å². The predicted molar refractivity (Wildman–Crippen MR) is 103 cm³/mol. The summed E-state index contributed by atoms with van der Waals surface area (Å²) in [6.45, 7) is 6.25. The molecule has 2 aromatic rings. The Labute approximate surface area is 165 Å². The van der Waals surface area contributed by atoms with Gasteiger partial charge in [-0.3, -0.25) is 11.1 Å². The molecule has 1 aliphatic carbocycles. The zero-order valence-corrected chi connectivity index (χ0v) is 17.0. The van der Waals surface area contributed by atoms with Crippen molar-refractivity contribution in [2.45, 2.75) is 27.2 Å². The van der Waals surface area contributed by atoms with Gasteiger partial charge >= 0.3 is 17.4 Å². The van der Waals surface area contributed by atoms with Gasteiger partial charge in [0, 0.05) is 6.20 Å². The summed E-state index contributed by atoms with van der Waals surface area (Å²) in [5, 5.41) is 1.14. The Morgan fingerprint density at radius 1 is 1.09 bits per heavy atom. The summed E-state index contributed by atoms with van der Waals surface area (Å²) in [6.07, 6.45) is 11.8. The van der Waals surface area contributed by atoms with E-state index < -0.39 is 0 Å². The smallest absolute Gasteiger partial charge is 0.358 e. The topological polar surface area (TPSA) is 12.9 Å². The third-order valence-corrected chi connectivity index (χ3v) is 2.02. The molecule has 0 bridgehead atoms. The molecule has 1 heterocycles. The molecule has 1 aromatic heterocycles. The number of nitrogens with zero attached hydrogens (tertiary/aromatic N) is 1. The maximum Gasteiger partial charge on any atom is 4.00 e. The Morgan fingerprint density at radius 2 is 1.70 bits per heavy atom. The molecule has 0 spiro atoms. The first-order valence-corrected chi connectivity index (χ1v) is 6.40. The SMILES string of the molecule is C[C-](C)C.Cl.Cl.[C-]1=CC=CC1.[CH3-].[Cr+4].[c-]1cccc2cccnc12. The van der Waals surface area contributed by atoms with Crippen LogP contribution in [0.3, 0.4) is 0 Å². The number of para-hydroxylation sites is 1. The van der Waals surface area contributed by atoms with Crippen LogP contribution in [0.1, 0.15) is 27.2 Å². The maximum atomic E-state index is 4.13. The fourth-order valence-electron chi connectivity index (χ4n) is 1.29. The standard InChI is InChI=1S/C9H6N.C5H5.C4H9.CH3.2ClH.Cr/c1-2-6-9-8(4-1)5-3-7-10-9;1-2-4-5-3-1;1-4(2)3;;;;/h1-5,7H;1-3H,4H2;1-3H3;1H3;2*1H;/q4*-1;;;+4. The molecule has 1 aliphatic rings. The predicted octanol–water partition coefficient (Wildman–Crippen LogP) is 6.25. The summed E-state index contributed by atoms with van der Waals surface area (Å²) in [7, 11) is 0.